The van der Waals surface area contributed by atoms with Crippen molar-refractivity contribution in [2.45, 2.75) is 78.1 Å². The summed E-state index contributed by atoms with van der Waals surface area (Å²) in [6.07, 6.45) is 11.8. The molecule has 0 bridgehead atoms. The van der Waals surface area contributed by atoms with Crippen LogP contribution in [-0.4, -0.2) is 18.7 Å². The quantitative estimate of drug-likeness (QED) is 0.541. The molecule has 0 saturated heterocycles. The van der Waals surface area contributed by atoms with Crippen LogP contribution in [0.1, 0.15) is 78.1 Å². The second-order valence-corrected chi connectivity index (χ2v) is 9.54. The van der Waals surface area contributed by atoms with Gasteiger partial charge in [-0.2, -0.15) is 0 Å². The van der Waals surface area contributed by atoms with Crippen molar-refractivity contribution < 1.29 is 18.4 Å². The van der Waals surface area contributed by atoms with Gasteiger partial charge in [0.1, 0.15) is 0 Å². The number of carbonyl (C=O) groups excluding carboxylic acids is 1. The molecule has 23 heavy (non-hydrogen) atoms. The van der Waals surface area contributed by atoms with E-state index in [2.05, 4.69) is 0 Å². The van der Waals surface area contributed by atoms with Crippen molar-refractivity contribution in [1.82, 2.24) is 0 Å². The molecule has 2 fully saturated rings. The second-order valence-electron chi connectivity index (χ2n) is 7.59. The Morgan fingerprint density at radius 2 is 1.26 bits per heavy atom. The highest BCUT2D eigenvalue weighted by Gasteiger charge is 2.38. The van der Waals surface area contributed by atoms with Gasteiger partial charge in [0.05, 0.1) is 13.2 Å². The molecule has 2 aliphatic carbocycles. The predicted octanol–water partition coefficient (Wildman–Crippen LogP) is 5.56. The average molecular weight is 344 g/mol. The highest BCUT2D eigenvalue weighted by Crippen LogP contribution is 2.52. The van der Waals surface area contributed by atoms with Crippen molar-refractivity contribution in [3.63, 3.8) is 0 Å². The number of carbonyl (C=O) groups is 1. The van der Waals surface area contributed by atoms with E-state index in [1.807, 2.05) is 0 Å². The van der Waals surface area contributed by atoms with E-state index in [-0.39, 0.29) is 11.4 Å². The van der Waals surface area contributed by atoms with Gasteiger partial charge in [-0.25, -0.2) is 0 Å². The Morgan fingerprint density at radius 3 is 1.61 bits per heavy atom. The van der Waals surface area contributed by atoms with Gasteiger partial charge in [0, 0.05) is 5.92 Å². The SMILES string of the molecule is CC(C)C(=O)P(=O)(OCC1CCCCC1)OCC1CCCCC1. The molecule has 2 rings (SSSR count). The molecule has 0 spiro atoms. The van der Waals surface area contributed by atoms with Gasteiger partial charge in [0.2, 0.25) is 5.52 Å². The van der Waals surface area contributed by atoms with Crippen molar-refractivity contribution in [3.05, 3.63) is 0 Å². The van der Waals surface area contributed by atoms with Gasteiger partial charge in [0.25, 0.3) is 0 Å². The number of hydrogen-bond donors (Lipinski definition) is 0. The van der Waals surface area contributed by atoms with Crippen molar-refractivity contribution in [1.29, 1.82) is 0 Å². The van der Waals surface area contributed by atoms with E-state index in [1.165, 1.54) is 38.5 Å². The van der Waals surface area contributed by atoms with Gasteiger partial charge in [-0.3, -0.25) is 9.36 Å². The predicted molar refractivity (Wildman–Crippen MR) is 92.5 cm³/mol. The minimum absolute atomic E-state index is 0.321. The largest absolute Gasteiger partial charge is 0.396 e. The van der Waals surface area contributed by atoms with Gasteiger partial charge < -0.3 is 9.05 Å². The maximum Gasteiger partial charge on any atom is 0.396 e. The smallest absolute Gasteiger partial charge is 0.303 e. The molecule has 2 saturated carbocycles. The van der Waals surface area contributed by atoms with Gasteiger partial charge in [0.15, 0.2) is 0 Å². The molecular formula is C18H33O4P. The highest BCUT2D eigenvalue weighted by molar-refractivity contribution is 7.71. The summed E-state index contributed by atoms with van der Waals surface area (Å²) in [6.45, 7) is 4.34. The fraction of sp³-hybridized carbons (Fsp3) is 0.944. The van der Waals surface area contributed by atoms with Crippen molar-refractivity contribution in [3.8, 4) is 0 Å². The summed E-state index contributed by atoms with van der Waals surface area (Å²) in [6, 6.07) is 0. The third-order valence-corrected chi connectivity index (χ3v) is 7.21. The molecule has 0 unspecified atom stereocenters. The summed E-state index contributed by atoms with van der Waals surface area (Å²) in [7, 11) is -3.64. The molecule has 0 aromatic rings. The van der Waals surface area contributed by atoms with Crippen LogP contribution in [0.4, 0.5) is 0 Å². The van der Waals surface area contributed by atoms with E-state index in [9.17, 15) is 9.36 Å². The lowest BCUT2D eigenvalue weighted by atomic mass is 9.90. The van der Waals surface area contributed by atoms with Gasteiger partial charge in [-0.15, -0.1) is 0 Å². The molecule has 0 aliphatic heterocycles. The Labute approximate surface area is 141 Å². The highest BCUT2D eigenvalue weighted by atomic mass is 31.2. The zero-order chi connectivity index (χ0) is 16.7. The average Bonchev–Trinajstić information content (AvgIpc) is 2.59. The summed E-state index contributed by atoms with van der Waals surface area (Å²) in [4.78, 5) is 12.4. The first-order valence-corrected chi connectivity index (χ1v) is 11.0. The first-order valence-electron chi connectivity index (χ1n) is 9.45. The van der Waals surface area contributed by atoms with Crippen LogP contribution in [0, 0.1) is 17.8 Å². The number of rotatable bonds is 8. The molecule has 5 heteroatoms. The van der Waals surface area contributed by atoms with Crippen molar-refractivity contribution >= 4 is 13.1 Å². The summed E-state index contributed by atoms with van der Waals surface area (Å²) >= 11 is 0. The first-order chi connectivity index (χ1) is 11.0. The van der Waals surface area contributed by atoms with Crippen LogP contribution < -0.4 is 0 Å². The first kappa shape index (κ1) is 19.1. The minimum atomic E-state index is -3.64. The molecule has 0 radical (unpaired) electrons. The zero-order valence-corrected chi connectivity index (χ0v) is 15.7. The van der Waals surface area contributed by atoms with Gasteiger partial charge in [-0.05, 0) is 37.5 Å². The maximum absolute atomic E-state index is 13.0. The maximum atomic E-state index is 13.0. The van der Waals surface area contributed by atoms with Crippen LogP contribution in [0.15, 0.2) is 0 Å². The zero-order valence-electron chi connectivity index (χ0n) is 14.8. The monoisotopic (exact) mass is 344 g/mol. The summed E-state index contributed by atoms with van der Waals surface area (Å²) in [5.41, 5.74) is -0.357. The Morgan fingerprint density at radius 1 is 0.870 bits per heavy atom. The third-order valence-electron chi connectivity index (χ3n) is 5.17. The van der Waals surface area contributed by atoms with Crippen molar-refractivity contribution in [2.24, 2.45) is 17.8 Å². The third kappa shape index (κ3) is 5.99. The number of hydrogen-bond acceptors (Lipinski definition) is 4. The molecule has 0 aromatic heterocycles. The lowest BCUT2D eigenvalue weighted by Crippen LogP contribution is -2.20. The Kier molecular flexibility index (Phi) is 7.78. The van der Waals surface area contributed by atoms with E-state index >= 15 is 0 Å². The van der Waals surface area contributed by atoms with E-state index in [0.29, 0.717) is 25.0 Å². The molecule has 0 heterocycles. The normalized spacial score (nSPS) is 21.7. The standard InChI is InChI=1S/C18H33O4P/c1-15(2)18(19)23(20,21-13-16-9-5-3-6-10-16)22-14-17-11-7-4-8-12-17/h15-17H,3-14H2,1-2H3. The molecule has 2 aliphatic rings. The van der Waals surface area contributed by atoms with E-state index in [1.54, 1.807) is 13.8 Å². The van der Waals surface area contributed by atoms with Crippen LogP contribution in [0.5, 0.6) is 0 Å². The topological polar surface area (TPSA) is 52.6 Å². The van der Waals surface area contributed by atoms with E-state index < -0.39 is 7.60 Å². The Balaban J connectivity index is 1.90. The van der Waals surface area contributed by atoms with Crippen LogP contribution in [0.3, 0.4) is 0 Å². The van der Waals surface area contributed by atoms with Crippen LogP contribution >= 0.6 is 7.60 Å². The Bertz CT molecular complexity index is 383. The summed E-state index contributed by atoms with van der Waals surface area (Å²) in [5, 5.41) is 0. The molecule has 0 amide bonds. The van der Waals surface area contributed by atoms with Crippen LogP contribution in [0.2, 0.25) is 0 Å². The van der Waals surface area contributed by atoms with Crippen LogP contribution in [-0.2, 0) is 18.4 Å². The van der Waals surface area contributed by atoms with Crippen LogP contribution in [0.25, 0.3) is 0 Å². The van der Waals surface area contributed by atoms with Gasteiger partial charge >= 0.3 is 7.60 Å². The molecular weight excluding hydrogens is 311 g/mol. The lowest BCUT2D eigenvalue weighted by molar-refractivity contribution is -0.116. The molecule has 0 aromatic carbocycles. The fourth-order valence-corrected chi connectivity index (χ4v) is 5.37. The lowest BCUT2D eigenvalue weighted by Gasteiger charge is -2.27. The molecule has 4 nitrogen and oxygen atoms in total. The van der Waals surface area contributed by atoms with Crippen molar-refractivity contribution in [2.75, 3.05) is 13.2 Å². The van der Waals surface area contributed by atoms with Gasteiger partial charge in [-0.1, -0.05) is 52.4 Å². The van der Waals surface area contributed by atoms with E-state index in [4.69, 9.17) is 9.05 Å². The molecule has 134 valence electrons. The Hall–Kier alpha value is -0.180. The molecule has 0 atom stereocenters. The summed E-state index contributed by atoms with van der Waals surface area (Å²) in [5.74, 6) is 0.532. The van der Waals surface area contributed by atoms with E-state index in [0.717, 1.165) is 25.7 Å². The summed E-state index contributed by atoms with van der Waals surface area (Å²) < 4.78 is 24.4. The fourth-order valence-electron chi connectivity index (χ4n) is 3.60. The minimum Gasteiger partial charge on any atom is -0.303 e. The second kappa shape index (κ2) is 9.34. The molecule has 0 N–H and O–H groups in total.